The molecular weight excluding hydrogens is 598 g/mol. The minimum absolute atomic E-state index is 0.161. The van der Waals surface area contributed by atoms with E-state index in [4.69, 9.17) is 9.72 Å². The molecule has 9 nitrogen and oxygen atoms in total. The molecule has 6 rings (SSSR count). The van der Waals surface area contributed by atoms with Crippen LogP contribution in [0.4, 0.5) is 20.4 Å². The summed E-state index contributed by atoms with van der Waals surface area (Å²) < 4.78 is 61.2. The van der Waals surface area contributed by atoms with Crippen LogP contribution in [0.1, 0.15) is 36.0 Å². The molecule has 5 aromatic rings. The summed E-state index contributed by atoms with van der Waals surface area (Å²) in [7, 11) is -3.87. The number of aryl methyl sites for hydroxylation is 1. The minimum atomic E-state index is -3.87. The molecule has 0 amide bonds. The number of hydrogen-bond donors (Lipinski definition) is 3. The second kappa shape index (κ2) is 13.1. The zero-order chi connectivity index (χ0) is 31.4. The molecule has 0 bridgehead atoms. The Balaban J connectivity index is 1.27. The van der Waals surface area contributed by atoms with E-state index in [1.165, 1.54) is 24.3 Å². The summed E-state index contributed by atoms with van der Waals surface area (Å²) in [6, 6.07) is 19.9. The van der Waals surface area contributed by atoms with Gasteiger partial charge in [0.2, 0.25) is 21.9 Å². The summed E-state index contributed by atoms with van der Waals surface area (Å²) in [5.41, 5.74) is 2.75. The van der Waals surface area contributed by atoms with E-state index in [0.29, 0.717) is 50.9 Å². The highest BCUT2D eigenvalue weighted by atomic mass is 32.2. The van der Waals surface area contributed by atoms with E-state index in [-0.39, 0.29) is 17.4 Å². The molecule has 1 fully saturated rings. The molecule has 0 spiro atoms. The molecule has 0 aliphatic carbocycles. The van der Waals surface area contributed by atoms with E-state index in [0.717, 1.165) is 31.5 Å². The predicted octanol–water partition coefficient (Wildman–Crippen LogP) is 6.84. The van der Waals surface area contributed by atoms with Gasteiger partial charge in [-0.3, -0.25) is 4.72 Å². The largest absolute Gasteiger partial charge is 0.437 e. The number of fused-ring (bicyclic) bond motifs is 1. The van der Waals surface area contributed by atoms with Crippen LogP contribution in [0, 0.1) is 6.92 Å². The van der Waals surface area contributed by atoms with Gasteiger partial charge in [-0.25, -0.2) is 32.2 Å². The van der Waals surface area contributed by atoms with Crippen LogP contribution in [0.2, 0.25) is 0 Å². The molecule has 0 saturated carbocycles. The third-order valence-electron chi connectivity index (χ3n) is 7.59. The second-order valence-electron chi connectivity index (χ2n) is 10.9. The van der Waals surface area contributed by atoms with Crippen molar-refractivity contribution in [2.24, 2.45) is 0 Å². The Morgan fingerprint density at radius 3 is 2.60 bits per heavy atom. The summed E-state index contributed by atoms with van der Waals surface area (Å²) in [5, 5.41) is 8.10. The van der Waals surface area contributed by atoms with Gasteiger partial charge in [0.05, 0.1) is 22.7 Å². The number of sulfonamides is 1. The van der Waals surface area contributed by atoms with E-state index < -0.39 is 16.4 Å². The quantitative estimate of drug-likeness (QED) is 0.154. The normalized spacial score (nSPS) is 15.2. The summed E-state index contributed by atoms with van der Waals surface area (Å²) >= 11 is 0. The molecule has 1 aliphatic rings. The zero-order valence-corrected chi connectivity index (χ0v) is 25.3. The van der Waals surface area contributed by atoms with E-state index in [1.807, 2.05) is 37.3 Å². The number of hydrogen-bond acceptors (Lipinski definition) is 8. The molecule has 45 heavy (non-hydrogen) atoms. The Morgan fingerprint density at radius 1 is 0.978 bits per heavy atom. The molecule has 0 radical (unpaired) electrons. The van der Waals surface area contributed by atoms with Crippen LogP contribution in [0.15, 0.2) is 85.2 Å². The first-order valence-electron chi connectivity index (χ1n) is 14.6. The zero-order valence-electron chi connectivity index (χ0n) is 24.5. The number of halogens is 2. The molecule has 3 heterocycles. The van der Waals surface area contributed by atoms with Gasteiger partial charge in [-0.05, 0) is 61.7 Å². The number of rotatable bonds is 10. The van der Waals surface area contributed by atoms with Crippen molar-refractivity contribution < 1.29 is 21.9 Å². The first-order chi connectivity index (χ1) is 21.8. The molecule has 12 heteroatoms. The number of aromatic nitrogens is 3. The smallest absolute Gasteiger partial charge is 0.263 e. The van der Waals surface area contributed by atoms with Crippen molar-refractivity contribution in [2.75, 3.05) is 23.1 Å². The Morgan fingerprint density at radius 2 is 1.82 bits per heavy atom. The number of alkyl halides is 2. The van der Waals surface area contributed by atoms with E-state index in [2.05, 4.69) is 25.3 Å². The molecule has 1 unspecified atom stereocenters. The summed E-state index contributed by atoms with van der Waals surface area (Å²) in [6.07, 6.45) is 2.84. The number of pyridine rings is 1. The van der Waals surface area contributed by atoms with Gasteiger partial charge in [-0.2, -0.15) is 0 Å². The van der Waals surface area contributed by atoms with Crippen molar-refractivity contribution in [3.05, 3.63) is 102 Å². The minimum Gasteiger partial charge on any atom is -0.437 e. The van der Waals surface area contributed by atoms with Crippen molar-refractivity contribution >= 4 is 32.4 Å². The van der Waals surface area contributed by atoms with Crippen LogP contribution < -0.4 is 20.1 Å². The highest BCUT2D eigenvalue weighted by Crippen LogP contribution is 2.39. The Bertz CT molecular complexity index is 1920. The number of nitrogens with zero attached hydrogens (tertiary/aromatic N) is 3. The fraction of sp³-hybridized carbons (Fsp3) is 0.242. The maximum Gasteiger partial charge on any atom is 0.263 e. The third kappa shape index (κ3) is 7.18. The van der Waals surface area contributed by atoms with Crippen molar-refractivity contribution in [1.82, 2.24) is 20.3 Å². The lowest BCUT2D eigenvalue weighted by atomic mass is 10.0. The van der Waals surface area contributed by atoms with E-state index in [1.54, 1.807) is 30.6 Å². The van der Waals surface area contributed by atoms with Gasteiger partial charge in [0.25, 0.3) is 6.43 Å². The highest BCUT2D eigenvalue weighted by molar-refractivity contribution is 7.91. The number of piperidine rings is 1. The van der Waals surface area contributed by atoms with Crippen molar-refractivity contribution in [2.45, 2.75) is 38.0 Å². The third-order valence-corrected chi connectivity index (χ3v) is 8.84. The average Bonchev–Trinajstić information content (AvgIpc) is 3.03. The van der Waals surface area contributed by atoms with Gasteiger partial charge < -0.3 is 15.4 Å². The topological polar surface area (TPSA) is 118 Å². The van der Waals surface area contributed by atoms with Gasteiger partial charge in [0.1, 0.15) is 5.75 Å². The second-order valence-corrected chi connectivity index (χ2v) is 12.6. The fourth-order valence-electron chi connectivity index (χ4n) is 5.35. The summed E-state index contributed by atoms with van der Waals surface area (Å²) in [5.74, 6) is 1.03. The Kier molecular flexibility index (Phi) is 8.85. The van der Waals surface area contributed by atoms with Gasteiger partial charge >= 0.3 is 0 Å². The van der Waals surface area contributed by atoms with Gasteiger partial charge in [0.15, 0.2) is 0 Å². The maximum absolute atomic E-state index is 13.1. The van der Waals surface area contributed by atoms with Crippen molar-refractivity contribution in [3.8, 4) is 22.9 Å². The molecule has 2 aromatic heterocycles. The van der Waals surface area contributed by atoms with E-state index in [9.17, 15) is 17.2 Å². The summed E-state index contributed by atoms with van der Waals surface area (Å²) in [4.78, 5) is 13.7. The molecule has 1 aliphatic heterocycles. The fourth-order valence-corrected chi connectivity index (χ4v) is 6.56. The predicted molar refractivity (Wildman–Crippen MR) is 171 cm³/mol. The molecule has 1 saturated heterocycles. The van der Waals surface area contributed by atoms with Crippen LogP contribution in [-0.2, 0) is 15.8 Å². The van der Waals surface area contributed by atoms with Crippen LogP contribution in [-0.4, -0.2) is 42.5 Å². The SMILES string of the molecule is Cc1ccc2c(NS(=O)(=O)Cc3ccc(C(F)F)cc3)cccc2c1Oc1ncccc1-c1ccnc(NC2CCCNC2)n1. The van der Waals surface area contributed by atoms with Crippen molar-refractivity contribution in [1.29, 1.82) is 0 Å². The van der Waals surface area contributed by atoms with E-state index >= 15 is 0 Å². The van der Waals surface area contributed by atoms with Crippen LogP contribution >= 0.6 is 0 Å². The number of nitrogens with one attached hydrogen (secondary N) is 3. The maximum atomic E-state index is 13.1. The highest BCUT2D eigenvalue weighted by Gasteiger charge is 2.19. The number of benzene rings is 3. The number of anilines is 2. The molecular formula is C33H32F2N6O3S. The lowest BCUT2D eigenvalue weighted by Crippen LogP contribution is -2.38. The first kappa shape index (κ1) is 30.4. The van der Waals surface area contributed by atoms with Crippen LogP contribution in [0.3, 0.4) is 0 Å². The van der Waals surface area contributed by atoms with Gasteiger partial charge in [0, 0.05) is 41.3 Å². The van der Waals surface area contributed by atoms with Gasteiger partial charge in [-0.1, -0.05) is 48.5 Å². The lowest BCUT2D eigenvalue weighted by molar-refractivity contribution is 0.151. The Hall–Kier alpha value is -4.68. The monoisotopic (exact) mass is 630 g/mol. The molecule has 3 aromatic carbocycles. The number of ether oxygens (including phenoxy) is 1. The average molecular weight is 631 g/mol. The molecule has 3 N–H and O–H groups in total. The summed E-state index contributed by atoms with van der Waals surface area (Å²) in [6.45, 7) is 3.76. The van der Waals surface area contributed by atoms with Crippen molar-refractivity contribution in [3.63, 3.8) is 0 Å². The lowest BCUT2D eigenvalue weighted by Gasteiger charge is -2.23. The van der Waals surface area contributed by atoms with Crippen LogP contribution in [0.5, 0.6) is 11.6 Å². The molecule has 1 atom stereocenters. The standard InChI is InChI=1S/C33H32F2N6O3S/c1-21-9-14-25-26(6-2-8-29(25)41-45(42,43)20-22-10-12-23(13-11-22)31(34)35)30(21)44-32-27(7-4-17-37-32)28-15-18-38-33(40-28)39-24-5-3-16-36-19-24/h2,4,6-15,17-18,24,31,36,41H,3,5,16,19-20H2,1H3,(H,38,39,40). The van der Waals surface area contributed by atoms with Crippen LogP contribution in [0.25, 0.3) is 22.0 Å². The Labute approximate surface area is 260 Å². The first-order valence-corrected chi connectivity index (χ1v) is 16.2. The van der Waals surface area contributed by atoms with Gasteiger partial charge in [-0.15, -0.1) is 0 Å². The molecule has 232 valence electrons.